The number of halogens is 4. The number of rotatable bonds is 6. The molecule has 2 N–H and O–H groups in total. The van der Waals surface area contributed by atoms with E-state index in [-0.39, 0.29) is 36.9 Å². The van der Waals surface area contributed by atoms with Crippen LogP contribution in [0.15, 0.2) is 18.2 Å². The van der Waals surface area contributed by atoms with Crippen LogP contribution in [0.4, 0.5) is 13.2 Å². The average Bonchev–Trinajstić information content (AvgIpc) is 2.30. The Labute approximate surface area is 114 Å². The molecule has 3 nitrogen and oxygen atoms in total. The molecule has 0 bridgehead atoms. The molecule has 0 spiro atoms. The van der Waals surface area contributed by atoms with Crippen molar-refractivity contribution in [2.24, 2.45) is 0 Å². The van der Waals surface area contributed by atoms with Crippen molar-refractivity contribution >= 4 is 11.6 Å². The molecule has 0 atom stereocenters. The molecule has 0 saturated carbocycles. The minimum Gasteiger partial charge on any atom is -0.506 e. The van der Waals surface area contributed by atoms with Gasteiger partial charge in [-0.3, -0.25) is 4.90 Å². The van der Waals surface area contributed by atoms with Crippen LogP contribution in [-0.4, -0.2) is 41.0 Å². The first-order valence-corrected chi connectivity index (χ1v) is 6.07. The SMILES string of the molecule is OCCCN(Cc1cccc(Cl)c1O)CC(F)(F)F. The van der Waals surface area contributed by atoms with Gasteiger partial charge in [-0.05, 0) is 12.5 Å². The highest BCUT2D eigenvalue weighted by Crippen LogP contribution is 2.28. The van der Waals surface area contributed by atoms with Crippen molar-refractivity contribution in [3.05, 3.63) is 28.8 Å². The zero-order valence-electron chi connectivity index (χ0n) is 10.1. The second kappa shape index (κ2) is 6.98. The van der Waals surface area contributed by atoms with Crippen molar-refractivity contribution in [1.29, 1.82) is 0 Å². The van der Waals surface area contributed by atoms with Gasteiger partial charge in [0.15, 0.2) is 0 Å². The van der Waals surface area contributed by atoms with Crippen molar-refractivity contribution in [2.75, 3.05) is 19.7 Å². The number of benzene rings is 1. The fraction of sp³-hybridized carbons (Fsp3) is 0.500. The number of phenols is 1. The largest absolute Gasteiger partial charge is 0.506 e. The molecule has 0 amide bonds. The molecule has 1 aromatic carbocycles. The molecule has 7 heteroatoms. The van der Waals surface area contributed by atoms with E-state index in [9.17, 15) is 18.3 Å². The van der Waals surface area contributed by atoms with E-state index in [4.69, 9.17) is 16.7 Å². The third-order valence-corrected chi connectivity index (χ3v) is 2.80. The summed E-state index contributed by atoms with van der Waals surface area (Å²) in [6.45, 7) is -1.28. The minimum absolute atomic E-state index is 0.0775. The van der Waals surface area contributed by atoms with E-state index in [2.05, 4.69) is 0 Å². The lowest BCUT2D eigenvalue weighted by molar-refractivity contribution is -0.147. The summed E-state index contributed by atoms with van der Waals surface area (Å²) in [5.74, 6) is -0.208. The molecule has 0 fully saturated rings. The lowest BCUT2D eigenvalue weighted by Crippen LogP contribution is -2.34. The summed E-state index contributed by atoms with van der Waals surface area (Å²) in [6, 6.07) is 4.54. The molecule has 108 valence electrons. The number of hydrogen-bond donors (Lipinski definition) is 2. The van der Waals surface area contributed by atoms with Crippen LogP contribution in [0.1, 0.15) is 12.0 Å². The Morgan fingerprint density at radius 3 is 2.53 bits per heavy atom. The van der Waals surface area contributed by atoms with Crippen molar-refractivity contribution in [1.82, 2.24) is 4.90 Å². The highest BCUT2D eigenvalue weighted by atomic mass is 35.5. The molecule has 0 radical (unpaired) electrons. The first-order chi connectivity index (χ1) is 8.83. The first-order valence-electron chi connectivity index (χ1n) is 5.70. The van der Waals surface area contributed by atoms with Crippen molar-refractivity contribution in [2.45, 2.75) is 19.1 Å². The van der Waals surface area contributed by atoms with Crippen LogP contribution in [0.25, 0.3) is 0 Å². The summed E-state index contributed by atoms with van der Waals surface area (Å²) in [5, 5.41) is 18.5. The van der Waals surface area contributed by atoms with Crippen LogP contribution in [-0.2, 0) is 6.54 Å². The van der Waals surface area contributed by atoms with Gasteiger partial charge in [-0.15, -0.1) is 0 Å². The van der Waals surface area contributed by atoms with Crippen LogP contribution in [0, 0.1) is 0 Å². The number of nitrogens with zero attached hydrogens (tertiary/aromatic N) is 1. The van der Waals surface area contributed by atoms with E-state index in [0.29, 0.717) is 5.56 Å². The Bertz CT molecular complexity index is 412. The van der Waals surface area contributed by atoms with Gasteiger partial charge in [-0.1, -0.05) is 23.7 Å². The normalized spacial score (nSPS) is 12.1. The molecule has 0 aliphatic heterocycles. The van der Waals surface area contributed by atoms with E-state index in [1.165, 1.54) is 12.1 Å². The predicted octanol–water partition coefficient (Wildman–Crippen LogP) is 2.79. The van der Waals surface area contributed by atoms with Gasteiger partial charge in [0.05, 0.1) is 11.6 Å². The first kappa shape index (κ1) is 16.1. The number of aromatic hydroxyl groups is 1. The lowest BCUT2D eigenvalue weighted by atomic mass is 10.2. The van der Waals surface area contributed by atoms with E-state index >= 15 is 0 Å². The van der Waals surface area contributed by atoms with E-state index < -0.39 is 12.7 Å². The molecule has 0 saturated heterocycles. The third kappa shape index (κ3) is 5.67. The van der Waals surface area contributed by atoms with Gasteiger partial charge < -0.3 is 10.2 Å². The van der Waals surface area contributed by atoms with E-state index in [1.54, 1.807) is 6.07 Å². The summed E-state index contributed by atoms with van der Waals surface area (Å²) in [5.41, 5.74) is 0.328. The molecule has 1 aromatic rings. The Balaban J connectivity index is 2.78. The molecule has 0 aliphatic rings. The molecular weight excluding hydrogens is 283 g/mol. The maximum atomic E-state index is 12.4. The number of para-hydroxylation sites is 1. The fourth-order valence-electron chi connectivity index (χ4n) is 1.69. The van der Waals surface area contributed by atoms with Gasteiger partial charge in [0.2, 0.25) is 0 Å². The molecule has 0 aromatic heterocycles. The van der Waals surface area contributed by atoms with Crippen molar-refractivity contribution in [3.8, 4) is 5.75 Å². The Morgan fingerprint density at radius 2 is 1.95 bits per heavy atom. The van der Waals surface area contributed by atoms with Gasteiger partial charge in [0, 0.05) is 25.3 Å². The number of hydrogen-bond acceptors (Lipinski definition) is 3. The summed E-state index contributed by atoms with van der Waals surface area (Å²) in [6.07, 6.45) is -4.10. The van der Waals surface area contributed by atoms with Crippen LogP contribution in [0.5, 0.6) is 5.75 Å². The highest BCUT2D eigenvalue weighted by Gasteiger charge is 2.30. The molecular formula is C12H15ClF3NO2. The quantitative estimate of drug-likeness (QED) is 0.848. The lowest BCUT2D eigenvalue weighted by Gasteiger charge is -2.23. The second-order valence-electron chi connectivity index (χ2n) is 4.15. The third-order valence-electron chi connectivity index (χ3n) is 2.50. The summed E-state index contributed by atoms with van der Waals surface area (Å²) in [4.78, 5) is 1.11. The minimum atomic E-state index is -4.33. The fourth-order valence-corrected chi connectivity index (χ4v) is 1.88. The van der Waals surface area contributed by atoms with Crippen LogP contribution in [0.2, 0.25) is 5.02 Å². The predicted molar refractivity (Wildman–Crippen MR) is 66.2 cm³/mol. The van der Waals surface area contributed by atoms with Gasteiger partial charge in [0.1, 0.15) is 5.75 Å². The monoisotopic (exact) mass is 297 g/mol. The zero-order valence-corrected chi connectivity index (χ0v) is 10.9. The van der Waals surface area contributed by atoms with Crippen molar-refractivity contribution < 1.29 is 23.4 Å². The topological polar surface area (TPSA) is 43.7 Å². The molecule has 1 rings (SSSR count). The Hall–Kier alpha value is -0.980. The highest BCUT2D eigenvalue weighted by molar-refractivity contribution is 6.32. The Morgan fingerprint density at radius 1 is 1.26 bits per heavy atom. The van der Waals surface area contributed by atoms with Gasteiger partial charge >= 0.3 is 6.18 Å². The number of aliphatic hydroxyl groups excluding tert-OH is 1. The number of alkyl halides is 3. The number of phenolic OH excluding ortho intramolecular Hbond substituents is 1. The van der Waals surface area contributed by atoms with Crippen LogP contribution < -0.4 is 0 Å². The van der Waals surface area contributed by atoms with E-state index in [1.807, 2.05) is 0 Å². The van der Waals surface area contributed by atoms with E-state index in [0.717, 1.165) is 4.90 Å². The van der Waals surface area contributed by atoms with Crippen LogP contribution >= 0.6 is 11.6 Å². The van der Waals surface area contributed by atoms with Crippen molar-refractivity contribution in [3.63, 3.8) is 0 Å². The summed E-state index contributed by atoms with van der Waals surface area (Å²) < 4.78 is 37.3. The molecule has 19 heavy (non-hydrogen) atoms. The maximum absolute atomic E-state index is 12.4. The summed E-state index contributed by atoms with van der Waals surface area (Å²) in [7, 11) is 0. The van der Waals surface area contributed by atoms with Gasteiger partial charge in [0.25, 0.3) is 0 Å². The maximum Gasteiger partial charge on any atom is 0.401 e. The molecule has 0 unspecified atom stereocenters. The zero-order chi connectivity index (χ0) is 14.5. The average molecular weight is 298 g/mol. The molecule has 0 heterocycles. The standard InChI is InChI=1S/C12H15ClF3NO2/c13-10-4-1-3-9(11(10)19)7-17(5-2-6-18)8-12(14,15)16/h1,3-4,18-19H,2,5-8H2. The van der Waals surface area contributed by atoms with Gasteiger partial charge in [-0.2, -0.15) is 13.2 Å². The smallest absolute Gasteiger partial charge is 0.401 e. The second-order valence-corrected chi connectivity index (χ2v) is 4.56. The molecule has 0 aliphatic carbocycles. The summed E-state index contributed by atoms with van der Waals surface area (Å²) >= 11 is 5.70. The van der Waals surface area contributed by atoms with Crippen LogP contribution in [0.3, 0.4) is 0 Å². The Kier molecular flexibility index (Phi) is 5.90. The van der Waals surface area contributed by atoms with Gasteiger partial charge in [-0.25, -0.2) is 0 Å². The number of aliphatic hydroxyl groups is 1.